The molecule has 24 heavy (non-hydrogen) atoms. The molecule has 1 unspecified atom stereocenters. The van der Waals surface area contributed by atoms with E-state index in [9.17, 15) is 26.4 Å². The summed E-state index contributed by atoms with van der Waals surface area (Å²) in [5, 5.41) is 8.39. The molecule has 0 heterocycles. The second-order valence-corrected chi connectivity index (χ2v) is 8.44. The lowest BCUT2D eigenvalue weighted by atomic mass is 10.2. The lowest BCUT2D eigenvalue weighted by molar-refractivity contribution is 0.0692. The largest absolute Gasteiger partial charge is 0.755 e. The monoisotopic (exact) mass is 400 g/mol. The van der Waals surface area contributed by atoms with Crippen LogP contribution < -0.4 is 4.31 Å². The highest BCUT2D eigenvalue weighted by molar-refractivity contribution is 7.91. The van der Waals surface area contributed by atoms with Gasteiger partial charge in [-0.1, -0.05) is 18.5 Å². The molecule has 0 saturated carbocycles. The highest BCUT2D eigenvalue weighted by Gasteiger charge is 2.22. The summed E-state index contributed by atoms with van der Waals surface area (Å²) in [6.07, 6.45) is 0.442. The zero-order chi connectivity index (χ0) is 18.5. The minimum atomic E-state index is -3.29. The molecule has 1 aromatic rings. The standard InChI is InChI=1S/C13H17ClFNO6S2/c1-2-7-24(21,22)8-3-6-16(23(19)20)10-5-4-9(15)11(12(10)14)13(17)18/h4-5H,2-3,6-8H2,1H3,(H,17,18)(H,19,20)/p-1. The van der Waals surface area contributed by atoms with Crippen LogP contribution in [0.3, 0.4) is 0 Å². The maximum atomic E-state index is 13.5. The van der Waals surface area contributed by atoms with Gasteiger partial charge in [0.15, 0.2) is 0 Å². The number of halogens is 2. The molecule has 0 spiro atoms. The Kier molecular flexibility index (Phi) is 7.58. The highest BCUT2D eigenvalue weighted by atomic mass is 35.5. The van der Waals surface area contributed by atoms with Crippen LogP contribution >= 0.6 is 11.6 Å². The van der Waals surface area contributed by atoms with E-state index in [0.29, 0.717) is 10.7 Å². The number of carbonyl (C=O) groups is 1. The van der Waals surface area contributed by atoms with Crippen molar-refractivity contribution in [2.45, 2.75) is 19.8 Å². The van der Waals surface area contributed by atoms with Crippen LogP contribution in [0.2, 0.25) is 5.02 Å². The predicted molar refractivity (Wildman–Crippen MR) is 88.2 cm³/mol. The van der Waals surface area contributed by atoms with E-state index in [0.717, 1.165) is 12.1 Å². The summed E-state index contributed by atoms with van der Waals surface area (Å²) < 4.78 is 60.3. The number of rotatable bonds is 9. The topological polar surface area (TPSA) is 115 Å². The van der Waals surface area contributed by atoms with Gasteiger partial charge in [0.2, 0.25) is 0 Å². The molecule has 0 radical (unpaired) electrons. The fraction of sp³-hybridized carbons (Fsp3) is 0.462. The molecule has 1 aromatic carbocycles. The van der Waals surface area contributed by atoms with Crippen molar-refractivity contribution in [3.8, 4) is 0 Å². The van der Waals surface area contributed by atoms with Gasteiger partial charge in [0, 0.05) is 23.6 Å². The predicted octanol–water partition coefficient (Wildman–Crippen LogP) is 1.99. The number of aromatic carboxylic acids is 1. The molecular formula is C13H16ClFNO6S2-. The van der Waals surface area contributed by atoms with E-state index in [1.807, 2.05) is 0 Å². The van der Waals surface area contributed by atoms with Crippen LogP contribution in [0.5, 0.6) is 0 Å². The smallest absolute Gasteiger partial charge is 0.340 e. The fourth-order valence-corrected chi connectivity index (χ4v) is 4.42. The molecule has 0 amide bonds. The maximum absolute atomic E-state index is 13.5. The van der Waals surface area contributed by atoms with Gasteiger partial charge in [-0.3, -0.25) is 4.21 Å². The van der Waals surface area contributed by atoms with Crippen molar-refractivity contribution in [2.75, 3.05) is 22.4 Å². The number of sulfone groups is 1. The molecule has 136 valence electrons. The summed E-state index contributed by atoms with van der Waals surface area (Å²) in [6, 6.07) is 1.82. The Bertz CT molecular complexity index is 740. The van der Waals surface area contributed by atoms with Gasteiger partial charge in [0.25, 0.3) is 0 Å². The molecule has 1 rings (SSSR count). The quantitative estimate of drug-likeness (QED) is 0.634. The molecule has 0 aliphatic carbocycles. The number of hydrogen-bond donors (Lipinski definition) is 1. The normalized spacial score (nSPS) is 12.8. The van der Waals surface area contributed by atoms with Gasteiger partial charge >= 0.3 is 5.97 Å². The number of hydrogen-bond acceptors (Lipinski definition) is 5. The van der Waals surface area contributed by atoms with Crippen molar-refractivity contribution in [3.63, 3.8) is 0 Å². The number of anilines is 1. The van der Waals surface area contributed by atoms with E-state index in [1.165, 1.54) is 0 Å². The summed E-state index contributed by atoms with van der Waals surface area (Å²) in [5.74, 6) is -2.97. The average molecular weight is 401 g/mol. The van der Waals surface area contributed by atoms with Gasteiger partial charge in [0.05, 0.1) is 16.5 Å². The van der Waals surface area contributed by atoms with Crippen LogP contribution in [0, 0.1) is 5.82 Å². The van der Waals surface area contributed by atoms with Crippen molar-refractivity contribution in [1.82, 2.24) is 0 Å². The van der Waals surface area contributed by atoms with Crippen LogP contribution in [0.25, 0.3) is 0 Å². The average Bonchev–Trinajstić information content (AvgIpc) is 2.44. The third-order valence-electron chi connectivity index (χ3n) is 3.06. The third-order valence-corrected chi connectivity index (χ3v) is 6.13. The molecule has 1 N–H and O–H groups in total. The summed E-state index contributed by atoms with van der Waals surface area (Å²) >= 11 is 2.98. The minimum Gasteiger partial charge on any atom is -0.755 e. The number of carboxylic acid groups (broad SMARTS) is 1. The van der Waals surface area contributed by atoms with Crippen molar-refractivity contribution in [1.29, 1.82) is 0 Å². The highest BCUT2D eigenvalue weighted by Crippen LogP contribution is 2.32. The van der Waals surface area contributed by atoms with Gasteiger partial charge in [-0.05, 0) is 25.0 Å². The summed E-state index contributed by atoms with van der Waals surface area (Å²) in [5.41, 5.74) is -1.07. The van der Waals surface area contributed by atoms with Crippen molar-refractivity contribution in [3.05, 3.63) is 28.5 Å². The molecule has 0 saturated heterocycles. The summed E-state index contributed by atoms with van der Waals surface area (Å²) in [7, 11) is -3.29. The Balaban J connectivity index is 3.04. The number of carboxylic acids is 1. The first-order valence-corrected chi connectivity index (χ1v) is 10.1. The van der Waals surface area contributed by atoms with Crippen molar-refractivity contribution < 1.29 is 31.5 Å². The Hall–Kier alpha value is -1.23. The molecule has 7 nitrogen and oxygen atoms in total. The van der Waals surface area contributed by atoms with E-state index in [2.05, 4.69) is 0 Å². The van der Waals surface area contributed by atoms with Gasteiger partial charge in [-0.25, -0.2) is 17.6 Å². The van der Waals surface area contributed by atoms with E-state index >= 15 is 0 Å². The fourth-order valence-electron chi connectivity index (χ4n) is 2.05. The van der Waals surface area contributed by atoms with E-state index < -0.39 is 43.5 Å². The number of benzene rings is 1. The van der Waals surface area contributed by atoms with Gasteiger partial charge < -0.3 is 14.0 Å². The molecule has 0 aliphatic heterocycles. The van der Waals surface area contributed by atoms with Crippen molar-refractivity contribution >= 4 is 44.4 Å². The first-order valence-electron chi connectivity index (χ1n) is 6.89. The second kappa shape index (κ2) is 8.75. The Morgan fingerprint density at radius 2 is 2.04 bits per heavy atom. The SMILES string of the molecule is CCCS(=O)(=O)CCCN(c1ccc(F)c(C(=O)O)c1Cl)S(=O)[O-]. The van der Waals surface area contributed by atoms with Crippen LogP contribution in [-0.2, 0) is 21.1 Å². The molecule has 0 aliphatic rings. The third kappa shape index (κ3) is 5.40. The number of nitrogens with zero attached hydrogens (tertiary/aromatic N) is 1. The van der Waals surface area contributed by atoms with Gasteiger partial charge in [-0.15, -0.1) is 0 Å². The zero-order valence-electron chi connectivity index (χ0n) is 12.7. The summed E-state index contributed by atoms with van der Waals surface area (Å²) in [4.78, 5) is 11.0. The van der Waals surface area contributed by atoms with E-state index in [4.69, 9.17) is 16.7 Å². The van der Waals surface area contributed by atoms with Gasteiger partial charge in [0.1, 0.15) is 21.2 Å². The second-order valence-electron chi connectivity index (χ2n) is 4.89. The molecule has 1 atom stereocenters. The first kappa shape index (κ1) is 20.8. The molecule has 0 aromatic heterocycles. The van der Waals surface area contributed by atoms with Crippen molar-refractivity contribution in [2.24, 2.45) is 0 Å². The van der Waals surface area contributed by atoms with Crippen LogP contribution in [-0.4, -0.2) is 46.3 Å². The molecular weight excluding hydrogens is 385 g/mol. The van der Waals surface area contributed by atoms with E-state index in [1.54, 1.807) is 6.92 Å². The first-order chi connectivity index (χ1) is 11.1. The minimum absolute atomic E-state index is 0.00602. The van der Waals surface area contributed by atoms with Crippen LogP contribution in [0.15, 0.2) is 12.1 Å². The Morgan fingerprint density at radius 3 is 2.54 bits per heavy atom. The lowest BCUT2D eigenvalue weighted by Gasteiger charge is -2.27. The molecule has 0 fully saturated rings. The molecule has 0 bridgehead atoms. The Labute approximate surface area is 146 Å². The molecule has 11 heteroatoms. The lowest BCUT2D eigenvalue weighted by Crippen LogP contribution is -2.29. The van der Waals surface area contributed by atoms with Gasteiger partial charge in [-0.2, -0.15) is 0 Å². The van der Waals surface area contributed by atoms with E-state index in [-0.39, 0.29) is 30.2 Å². The van der Waals surface area contributed by atoms with Crippen LogP contribution in [0.1, 0.15) is 30.1 Å². The maximum Gasteiger partial charge on any atom is 0.340 e. The van der Waals surface area contributed by atoms with Crippen LogP contribution in [0.4, 0.5) is 10.1 Å². The zero-order valence-corrected chi connectivity index (χ0v) is 15.1. The Morgan fingerprint density at radius 1 is 1.42 bits per heavy atom. The summed E-state index contributed by atoms with van der Waals surface area (Å²) in [6.45, 7) is 1.48.